The number of likely N-dealkylation sites (tertiary alicyclic amines) is 1. The molecule has 7 nitrogen and oxygen atoms in total. The molecule has 2 saturated heterocycles. The molecule has 3 N–H and O–H groups in total. The van der Waals surface area contributed by atoms with Gasteiger partial charge in [-0.1, -0.05) is 34.1 Å². The first kappa shape index (κ1) is 22.7. The second kappa shape index (κ2) is 9.72. The molecule has 0 aromatic rings. The van der Waals surface area contributed by atoms with E-state index in [4.69, 9.17) is 5.73 Å². The SMILES string of the molecule is CCCC(C(=O)N1CCC(CC(N)=O)CC1)N1CCNC(CC(C)(C)C)C1=O. The molecule has 28 heavy (non-hydrogen) atoms. The molecule has 0 aliphatic carbocycles. The largest absolute Gasteiger partial charge is 0.370 e. The Balaban J connectivity index is 2.04. The summed E-state index contributed by atoms with van der Waals surface area (Å²) in [6.07, 6.45) is 4.30. The molecular weight excluding hydrogens is 356 g/mol. The lowest BCUT2D eigenvalue weighted by Crippen LogP contribution is -2.62. The summed E-state index contributed by atoms with van der Waals surface area (Å²) in [5.41, 5.74) is 5.35. The van der Waals surface area contributed by atoms with E-state index >= 15 is 0 Å². The maximum absolute atomic E-state index is 13.3. The van der Waals surface area contributed by atoms with Crippen LogP contribution in [0, 0.1) is 11.3 Å². The number of hydrogen-bond acceptors (Lipinski definition) is 4. The van der Waals surface area contributed by atoms with Gasteiger partial charge in [0.05, 0.1) is 6.04 Å². The van der Waals surface area contributed by atoms with Crippen LogP contribution in [0.25, 0.3) is 0 Å². The Morgan fingerprint density at radius 3 is 2.39 bits per heavy atom. The average Bonchev–Trinajstić information content (AvgIpc) is 2.60. The number of rotatable bonds is 7. The smallest absolute Gasteiger partial charge is 0.245 e. The molecule has 2 atom stereocenters. The van der Waals surface area contributed by atoms with Crippen LogP contribution in [-0.2, 0) is 14.4 Å². The third-order valence-electron chi connectivity index (χ3n) is 5.78. The summed E-state index contributed by atoms with van der Waals surface area (Å²) in [5, 5.41) is 3.33. The fourth-order valence-corrected chi connectivity index (χ4v) is 4.38. The summed E-state index contributed by atoms with van der Waals surface area (Å²) < 4.78 is 0. The number of hydrogen-bond donors (Lipinski definition) is 2. The van der Waals surface area contributed by atoms with Gasteiger partial charge in [0.15, 0.2) is 0 Å². The molecule has 2 fully saturated rings. The minimum atomic E-state index is -0.380. The highest BCUT2D eigenvalue weighted by Crippen LogP contribution is 2.26. The number of nitrogens with one attached hydrogen (secondary N) is 1. The van der Waals surface area contributed by atoms with Crippen molar-refractivity contribution in [2.24, 2.45) is 17.1 Å². The zero-order chi connectivity index (χ0) is 20.9. The highest BCUT2D eigenvalue weighted by molar-refractivity contribution is 5.90. The first-order valence-electron chi connectivity index (χ1n) is 10.7. The zero-order valence-corrected chi connectivity index (χ0v) is 18.0. The standard InChI is InChI=1S/C21H38N4O3/c1-5-6-17(20(28)24-10-7-15(8-11-24)13-18(22)26)25-12-9-23-16(19(25)27)14-21(2,3)4/h15-17,23H,5-14H2,1-4H3,(H2,22,26). The van der Waals surface area contributed by atoms with Crippen molar-refractivity contribution >= 4 is 17.7 Å². The predicted octanol–water partition coefficient (Wildman–Crippen LogP) is 1.51. The first-order chi connectivity index (χ1) is 13.1. The third-order valence-corrected chi connectivity index (χ3v) is 5.78. The molecule has 0 spiro atoms. The number of carbonyl (C=O) groups excluding carboxylic acids is 3. The van der Waals surface area contributed by atoms with E-state index in [2.05, 4.69) is 33.0 Å². The Bertz CT molecular complexity index is 564. The quantitative estimate of drug-likeness (QED) is 0.684. The van der Waals surface area contributed by atoms with Crippen molar-refractivity contribution in [1.29, 1.82) is 0 Å². The Morgan fingerprint density at radius 2 is 1.86 bits per heavy atom. The van der Waals surface area contributed by atoms with Crippen LogP contribution in [0.4, 0.5) is 0 Å². The Hall–Kier alpha value is -1.63. The molecule has 2 rings (SSSR count). The maximum Gasteiger partial charge on any atom is 0.245 e. The maximum atomic E-state index is 13.3. The first-order valence-corrected chi connectivity index (χ1v) is 10.7. The van der Waals surface area contributed by atoms with Crippen LogP contribution in [0.1, 0.15) is 66.2 Å². The van der Waals surface area contributed by atoms with Crippen molar-refractivity contribution in [2.45, 2.75) is 78.3 Å². The number of amides is 3. The summed E-state index contributed by atoms with van der Waals surface area (Å²) in [5.74, 6) is 0.105. The highest BCUT2D eigenvalue weighted by Gasteiger charge is 2.39. The van der Waals surface area contributed by atoms with Gasteiger partial charge in [-0.25, -0.2) is 0 Å². The van der Waals surface area contributed by atoms with E-state index in [9.17, 15) is 14.4 Å². The van der Waals surface area contributed by atoms with Gasteiger partial charge in [0.1, 0.15) is 6.04 Å². The van der Waals surface area contributed by atoms with Crippen LogP contribution in [0.3, 0.4) is 0 Å². The number of piperazine rings is 1. The van der Waals surface area contributed by atoms with Crippen molar-refractivity contribution in [2.75, 3.05) is 26.2 Å². The number of piperidine rings is 1. The fraction of sp³-hybridized carbons (Fsp3) is 0.857. The van der Waals surface area contributed by atoms with Gasteiger partial charge in [0.25, 0.3) is 0 Å². The molecule has 0 radical (unpaired) electrons. The number of carbonyl (C=O) groups is 3. The van der Waals surface area contributed by atoms with Crippen LogP contribution >= 0.6 is 0 Å². The molecule has 0 aromatic carbocycles. The number of nitrogens with two attached hydrogens (primary N) is 1. The van der Waals surface area contributed by atoms with Gasteiger partial charge in [-0.2, -0.15) is 0 Å². The minimum absolute atomic E-state index is 0.0446. The minimum Gasteiger partial charge on any atom is -0.370 e. The van der Waals surface area contributed by atoms with Crippen molar-refractivity contribution in [3.8, 4) is 0 Å². The van der Waals surface area contributed by atoms with E-state index in [-0.39, 0.29) is 41.1 Å². The molecule has 2 aliphatic rings. The van der Waals surface area contributed by atoms with Crippen molar-refractivity contribution in [3.63, 3.8) is 0 Å². The van der Waals surface area contributed by atoms with Crippen molar-refractivity contribution in [1.82, 2.24) is 15.1 Å². The summed E-state index contributed by atoms with van der Waals surface area (Å²) in [4.78, 5) is 41.2. The molecule has 0 bridgehead atoms. The number of nitrogens with zero attached hydrogens (tertiary/aromatic N) is 2. The summed E-state index contributed by atoms with van der Waals surface area (Å²) in [6.45, 7) is 11.0. The Kier molecular flexibility index (Phi) is 7.87. The molecule has 2 aliphatic heterocycles. The molecule has 2 unspecified atom stereocenters. The van der Waals surface area contributed by atoms with Crippen LogP contribution in [-0.4, -0.2) is 65.8 Å². The molecule has 0 saturated carbocycles. The van der Waals surface area contributed by atoms with Gasteiger partial charge in [-0.15, -0.1) is 0 Å². The van der Waals surface area contributed by atoms with Crippen LogP contribution in [0.5, 0.6) is 0 Å². The van der Waals surface area contributed by atoms with Gasteiger partial charge in [0.2, 0.25) is 17.7 Å². The monoisotopic (exact) mass is 394 g/mol. The van der Waals surface area contributed by atoms with Gasteiger partial charge < -0.3 is 20.9 Å². The molecular formula is C21H38N4O3. The average molecular weight is 395 g/mol. The van der Waals surface area contributed by atoms with Crippen LogP contribution < -0.4 is 11.1 Å². The Labute approximate surface area is 169 Å². The highest BCUT2D eigenvalue weighted by atomic mass is 16.2. The topological polar surface area (TPSA) is 95.7 Å². The van der Waals surface area contributed by atoms with Gasteiger partial charge in [0, 0.05) is 32.6 Å². The zero-order valence-electron chi connectivity index (χ0n) is 18.0. The lowest BCUT2D eigenvalue weighted by molar-refractivity contribution is -0.150. The number of primary amides is 1. The summed E-state index contributed by atoms with van der Waals surface area (Å²) in [7, 11) is 0. The lowest BCUT2D eigenvalue weighted by Gasteiger charge is -2.42. The van der Waals surface area contributed by atoms with E-state index in [0.717, 1.165) is 32.2 Å². The van der Waals surface area contributed by atoms with Crippen LogP contribution in [0.2, 0.25) is 0 Å². The molecule has 0 aromatic heterocycles. The third kappa shape index (κ3) is 6.19. The van der Waals surface area contributed by atoms with Crippen molar-refractivity contribution in [3.05, 3.63) is 0 Å². The predicted molar refractivity (Wildman–Crippen MR) is 109 cm³/mol. The van der Waals surface area contributed by atoms with E-state index < -0.39 is 0 Å². The Morgan fingerprint density at radius 1 is 1.21 bits per heavy atom. The van der Waals surface area contributed by atoms with E-state index in [1.165, 1.54) is 0 Å². The molecule has 160 valence electrons. The van der Waals surface area contributed by atoms with Gasteiger partial charge in [-0.3, -0.25) is 14.4 Å². The normalized spacial score (nSPS) is 23.0. The lowest BCUT2D eigenvalue weighted by atomic mass is 9.86. The van der Waals surface area contributed by atoms with E-state index in [1.54, 1.807) is 0 Å². The molecule has 7 heteroatoms. The molecule has 3 amide bonds. The van der Waals surface area contributed by atoms with E-state index in [1.807, 2.05) is 9.80 Å². The summed E-state index contributed by atoms with van der Waals surface area (Å²) >= 11 is 0. The second-order valence-electron chi connectivity index (χ2n) is 9.55. The van der Waals surface area contributed by atoms with E-state index in [0.29, 0.717) is 32.5 Å². The van der Waals surface area contributed by atoms with Gasteiger partial charge >= 0.3 is 0 Å². The van der Waals surface area contributed by atoms with Gasteiger partial charge in [-0.05, 0) is 37.0 Å². The fourth-order valence-electron chi connectivity index (χ4n) is 4.38. The molecule has 2 heterocycles. The second-order valence-corrected chi connectivity index (χ2v) is 9.55. The summed E-state index contributed by atoms with van der Waals surface area (Å²) in [6, 6.07) is -0.600. The van der Waals surface area contributed by atoms with Crippen molar-refractivity contribution < 1.29 is 14.4 Å². The van der Waals surface area contributed by atoms with Crippen LogP contribution in [0.15, 0.2) is 0 Å².